The summed E-state index contributed by atoms with van der Waals surface area (Å²) in [5.41, 5.74) is 8.24. The third-order valence-corrected chi connectivity index (χ3v) is 3.16. The molecule has 0 aliphatic heterocycles. The maximum Gasteiger partial charge on any atom is 0.258 e. The van der Waals surface area contributed by atoms with Gasteiger partial charge in [0.2, 0.25) is 0 Å². The molecule has 2 aromatic rings. The molecule has 1 amide bonds. The lowest BCUT2D eigenvalue weighted by atomic mass is 10.1. The Kier molecular flexibility index (Phi) is 4.58. The Labute approximate surface area is 123 Å². The van der Waals surface area contributed by atoms with Crippen LogP contribution in [0.4, 0.5) is 11.4 Å². The van der Waals surface area contributed by atoms with Gasteiger partial charge in [0, 0.05) is 5.69 Å². The Morgan fingerprint density at radius 1 is 1.35 bits per heavy atom. The third kappa shape index (κ3) is 3.48. The van der Waals surface area contributed by atoms with Gasteiger partial charge in [-0.3, -0.25) is 4.79 Å². The first-order chi connectivity index (χ1) is 9.60. The second kappa shape index (κ2) is 6.39. The smallest absolute Gasteiger partial charge is 0.258 e. The van der Waals surface area contributed by atoms with Gasteiger partial charge in [-0.05, 0) is 30.2 Å². The van der Waals surface area contributed by atoms with E-state index < -0.39 is 0 Å². The summed E-state index contributed by atoms with van der Waals surface area (Å²) in [4.78, 5) is 16.0. The molecular weight excluding hydrogens is 274 g/mol. The molecule has 0 spiro atoms. The van der Waals surface area contributed by atoms with Gasteiger partial charge < -0.3 is 11.1 Å². The fourth-order valence-corrected chi connectivity index (χ4v) is 2.05. The zero-order valence-electron chi connectivity index (χ0n) is 11.2. The minimum Gasteiger partial charge on any atom is -0.397 e. The van der Waals surface area contributed by atoms with Crippen LogP contribution in [0.5, 0.6) is 0 Å². The zero-order chi connectivity index (χ0) is 14.5. The van der Waals surface area contributed by atoms with Crippen molar-refractivity contribution in [3.63, 3.8) is 0 Å². The lowest BCUT2D eigenvalue weighted by Gasteiger charge is -2.08. The number of nitrogens with zero attached hydrogens (tertiary/aromatic N) is 1. The van der Waals surface area contributed by atoms with Crippen LogP contribution in [-0.2, 0) is 6.42 Å². The number of amides is 1. The number of nitrogens with two attached hydrogens (primary N) is 1. The van der Waals surface area contributed by atoms with E-state index in [9.17, 15) is 4.79 Å². The summed E-state index contributed by atoms with van der Waals surface area (Å²) >= 11 is 5.90. The van der Waals surface area contributed by atoms with Gasteiger partial charge in [0.25, 0.3) is 5.91 Å². The number of carbonyl (C=O) groups is 1. The minimum atomic E-state index is -0.321. The Morgan fingerprint density at radius 3 is 2.70 bits per heavy atom. The van der Waals surface area contributed by atoms with Crippen molar-refractivity contribution in [3.8, 4) is 0 Å². The monoisotopic (exact) mass is 289 g/mol. The van der Waals surface area contributed by atoms with Gasteiger partial charge in [-0.2, -0.15) is 0 Å². The number of aromatic nitrogens is 1. The van der Waals surface area contributed by atoms with Crippen LogP contribution in [0.1, 0.15) is 29.3 Å². The number of carbonyl (C=O) groups excluding carboxylic acids is 1. The maximum absolute atomic E-state index is 12.1. The Balaban J connectivity index is 2.13. The van der Waals surface area contributed by atoms with Crippen molar-refractivity contribution >= 4 is 28.9 Å². The summed E-state index contributed by atoms with van der Waals surface area (Å²) in [5, 5.41) is 2.91. The Morgan fingerprint density at radius 2 is 2.05 bits per heavy atom. The minimum absolute atomic E-state index is 0.138. The van der Waals surface area contributed by atoms with Gasteiger partial charge in [0.15, 0.2) is 0 Å². The average molecular weight is 290 g/mol. The van der Waals surface area contributed by atoms with Crippen molar-refractivity contribution < 1.29 is 4.79 Å². The van der Waals surface area contributed by atoms with E-state index in [1.54, 1.807) is 0 Å². The molecule has 0 saturated heterocycles. The normalized spacial score (nSPS) is 10.3. The number of rotatable bonds is 4. The molecule has 1 aromatic heterocycles. The summed E-state index contributed by atoms with van der Waals surface area (Å²) in [5.74, 6) is -0.321. The lowest BCUT2D eigenvalue weighted by molar-refractivity contribution is 0.102. The molecular formula is C15H16ClN3O. The molecule has 104 valence electrons. The molecule has 0 fully saturated rings. The highest BCUT2D eigenvalue weighted by molar-refractivity contribution is 6.33. The van der Waals surface area contributed by atoms with Gasteiger partial charge in [0.1, 0.15) is 5.15 Å². The van der Waals surface area contributed by atoms with Gasteiger partial charge in [-0.1, -0.05) is 37.1 Å². The molecule has 2 rings (SSSR count). The SMILES string of the molecule is CCCc1ccc(NC(=O)c2cc(N)cnc2Cl)cc1. The number of nitrogens with one attached hydrogen (secondary N) is 1. The van der Waals surface area contributed by atoms with E-state index >= 15 is 0 Å². The Hall–Kier alpha value is -2.07. The van der Waals surface area contributed by atoms with E-state index in [2.05, 4.69) is 17.2 Å². The highest BCUT2D eigenvalue weighted by Gasteiger charge is 2.12. The fourth-order valence-electron chi connectivity index (χ4n) is 1.87. The van der Waals surface area contributed by atoms with Gasteiger partial charge >= 0.3 is 0 Å². The van der Waals surface area contributed by atoms with E-state index in [4.69, 9.17) is 17.3 Å². The van der Waals surface area contributed by atoms with E-state index in [-0.39, 0.29) is 16.6 Å². The molecule has 0 radical (unpaired) electrons. The number of halogens is 1. The summed E-state index contributed by atoms with van der Waals surface area (Å²) in [6.07, 6.45) is 3.54. The second-order valence-corrected chi connectivity index (χ2v) is 4.87. The molecule has 4 nitrogen and oxygen atoms in total. The summed E-state index contributed by atoms with van der Waals surface area (Å²) in [6.45, 7) is 2.13. The highest BCUT2D eigenvalue weighted by Crippen LogP contribution is 2.18. The molecule has 3 N–H and O–H groups in total. The van der Waals surface area contributed by atoms with Gasteiger partial charge in [0.05, 0.1) is 17.4 Å². The highest BCUT2D eigenvalue weighted by atomic mass is 35.5. The molecule has 20 heavy (non-hydrogen) atoms. The number of anilines is 2. The predicted octanol–water partition coefficient (Wildman–Crippen LogP) is 3.52. The first-order valence-electron chi connectivity index (χ1n) is 6.41. The summed E-state index contributed by atoms with van der Waals surface area (Å²) in [7, 11) is 0. The number of pyridine rings is 1. The molecule has 0 unspecified atom stereocenters. The molecule has 1 aromatic carbocycles. The molecule has 0 bridgehead atoms. The number of nitrogen functional groups attached to an aromatic ring is 1. The number of hydrogen-bond donors (Lipinski definition) is 2. The first-order valence-corrected chi connectivity index (χ1v) is 6.79. The maximum atomic E-state index is 12.1. The first kappa shape index (κ1) is 14.3. The van der Waals surface area contributed by atoms with Crippen LogP contribution in [0.15, 0.2) is 36.5 Å². The largest absolute Gasteiger partial charge is 0.397 e. The quantitative estimate of drug-likeness (QED) is 0.846. The third-order valence-electron chi connectivity index (χ3n) is 2.86. The van der Waals surface area contributed by atoms with Crippen LogP contribution in [0.2, 0.25) is 5.15 Å². The number of hydrogen-bond acceptors (Lipinski definition) is 3. The lowest BCUT2D eigenvalue weighted by Crippen LogP contribution is -2.13. The van der Waals surface area contributed by atoms with Crippen LogP contribution >= 0.6 is 11.6 Å². The van der Waals surface area contributed by atoms with E-state index in [1.807, 2.05) is 24.3 Å². The standard InChI is InChI=1S/C15H16ClN3O/c1-2-3-10-4-6-12(7-5-10)19-15(20)13-8-11(17)9-18-14(13)16/h4-9H,2-3,17H2,1H3,(H,19,20). The van der Waals surface area contributed by atoms with Crippen LogP contribution in [0.25, 0.3) is 0 Å². The molecule has 0 aliphatic carbocycles. The van der Waals surface area contributed by atoms with Gasteiger partial charge in [-0.25, -0.2) is 4.98 Å². The van der Waals surface area contributed by atoms with Crippen molar-refractivity contribution in [2.75, 3.05) is 11.1 Å². The zero-order valence-corrected chi connectivity index (χ0v) is 11.9. The molecule has 0 atom stereocenters. The molecule has 0 saturated carbocycles. The second-order valence-electron chi connectivity index (χ2n) is 4.51. The van der Waals surface area contributed by atoms with Crippen LogP contribution in [-0.4, -0.2) is 10.9 Å². The topological polar surface area (TPSA) is 68.0 Å². The van der Waals surface area contributed by atoms with E-state index in [0.29, 0.717) is 11.4 Å². The Bertz CT molecular complexity index is 611. The van der Waals surface area contributed by atoms with Crippen molar-refractivity contribution in [1.82, 2.24) is 4.98 Å². The summed E-state index contributed by atoms with van der Waals surface area (Å²) in [6, 6.07) is 9.25. The van der Waals surface area contributed by atoms with Crippen molar-refractivity contribution in [3.05, 3.63) is 52.8 Å². The van der Waals surface area contributed by atoms with Gasteiger partial charge in [-0.15, -0.1) is 0 Å². The van der Waals surface area contributed by atoms with Crippen molar-refractivity contribution in [2.24, 2.45) is 0 Å². The molecule has 1 heterocycles. The average Bonchev–Trinajstić information content (AvgIpc) is 2.44. The molecule has 5 heteroatoms. The van der Waals surface area contributed by atoms with Crippen LogP contribution < -0.4 is 11.1 Å². The van der Waals surface area contributed by atoms with Crippen molar-refractivity contribution in [2.45, 2.75) is 19.8 Å². The predicted molar refractivity (Wildman–Crippen MR) is 82.0 cm³/mol. The molecule has 0 aliphatic rings. The summed E-state index contributed by atoms with van der Waals surface area (Å²) < 4.78 is 0. The van der Waals surface area contributed by atoms with Crippen LogP contribution in [0, 0.1) is 0 Å². The van der Waals surface area contributed by atoms with Crippen LogP contribution in [0.3, 0.4) is 0 Å². The van der Waals surface area contributed by atoms with E-state index in [1.165, 1.54) is 17.8 Å². The fraction of sp³-hybridized carbons (Fsp3) is 0.200. The van der Waals surface area contributed by atoms with E-state index in [0.717, 1.165) is 12.8 Å². The number of benzene rings is 1. The number of aryl methyl sites for hydroxylation is 1. The van der Waals surface area contributed by atoms with Crippen molar-refractivity contribution in [1.29, 1.82) is 0 Å².